The highest BCUT2D eigenvalue weighted by Crippen LogP contribution is 2.41. The third kappa shape index (κ3) is 3.33. The second kappa shape index (κ2) is 6.31. The number of hydrogen-bond acceptors (Lipinski definition) is 5. The molecule has 20 heavy (non-hydrogen) atoms. The monoisotopic (exact) mass is 294 g/mol. The minimum absolute atomic E-state index is 0.217. The molecule has 7 heteroatoms. The first-order chi connectivity index (χ1) is 9.81. The van der Waals surface area contributed by atoms with Crippen molar-refractivity contribution in [2.24, 2.45) is 0 Å². The molecular weight excluding hydrogens is 277 g/mol. The summed E-state index contributed by atoms with van der Waals surface area (Å²) in [5.41, 5.74) is 1.27. The summed E-state index contributed by atoms with van der Waals surface area (Å²) in [7, 11) is -1.07. The lowest BCUT2D eigenvalue weighted by Crippen LogP contribution is -2.40. The summed E-state index contributed by atoms with van der Waals surface area (Å²) < 4.78 is 17.8. The number of aromatic nitrogens is 2. The van der Waals surface area contributed by atoms with E-state index in [1.165, 1.54) is 5.56 Å². The van der Waals surface area contributed by atoms with Gasteiger partial charge in [-0.2, -0.15) is 0 Å². The number of hydrogen-bond donors (Lipinski definition) is 1. The molecule has 1 atom stereocenters. The van der Waals surface area contributed by atoms with Crippen molar-refractivity contribution in [1.29, 1.82) is 0 Å². The average molecular weight is 294 g/mol. The molecule has 6 nitrogen and oxygen atoms in total. The van der Waals surface area contributed by atoms with E-state index in [0.717, 1.165) is 6.42 Å². The molecule has 106 valence electrons. The predicted octanol–water partition coefficient (Wildman–Crippen LogP) is 2.45. The van der Waals surface area contributed by atoms with Crippen LogP contribution in [-0.4, -0.2) is 18.5 Å². The van der Waals surface area contributed by atoms with Crippen LogP contribution in [0.3, 0.4) is 0 Å². The molecule has 1 fully saturated rings. The first-order valence-corrected chi connectivity index (χ1v) is 7.74. The lowest BCUT2D eigenvalue weighted by atomic mass is 10.1. The summed E-state index contributed by atoms with van der Waals surface area (Å²) in [6.07, 6.45) is 2.74. The Bertz CT molecular complexity index is 543. The van der Waals surface area contributed by atoms with E-state index < -0.39 is 8.53 Å². The van der Waals surface area contributed by atoms with Crippen molar-refractivity contribution < 1.29 is 18.3 Å². The van der Waals surface area contributed by atoms with Crippen molar-refractivity contribution in [2.75, 3.05) is 18.3 Å². The Morgan fingerprint density at radius 3 is 2.80 bits per heavy atom. The molecule has 0 aliphatic carbocycles. The Balaban J connectivity index is 1.60. The van der Waals surface area contributed by atoms with Gasteiger partial charge < -0.3 is 9.05 Å². The molecule has 1 aliphatic heterocycles. The largest absolute Gasteiger partial charge is 0.315 e. The van der Waals surface area contributed by atoms with Crippen molar-refractivity contribution in [3.05, 3.63) is 42.1 Å². The van der Waals surface area contributed by atoms with Gasteiger partial charge in [0.1, 0.15) is 0 Å². The number of anilines is 1. The second-order valence-electron chi connectivity index (χ2n) is 4.62. The van der Waals surface area contributed by atoms with E-state index in [9.17, 15) is 0 Å². The Kier molecular flexibility index (Phi) is 4.25. The summed E-state index contributed by atoms with van der Waals surface area (Å²) in [6.45, 7) is 3.35. The lowest BCUT2D eigenvalue weighted by Gasteiger charge is -2.04. The molecule has 0 radical (unpaired) electrons. The highest BCUT2D eigenvalue weighted by atomic mass is 31.2. The van der Waals surface area contributed by atoms with Crippen molar-refractivity contribution in [2.45, 2.75) is 19.4 Å². The SMILES string of the molecule is CC(Cc1ccccc1)[n+]1cc(NP2OCCO2)on1. The average Bonchev–Trinajstić information content (AvgIpc) is 3.12. The Morgan fingerprint density at radius 1 is 1.30 bits per heavy atom. The van der Waals surface area contributed by atoms with Crippen molar-refractivity contribution in [3.63, 3.8) is 0 Å². The molecule has 1 aliphatic rings. The molecule has 1 N–H and O–H groups in total. The van der Waals surface area contributed by atoms with Crippen LogP contribution >= 0.6 is 8.53 Å². The molecule has 0 saturated carbocycles. The number of nitrogens with one attached hydrogen (secondary N) is 1. The molecule has 2 heterocycles. The van der Waals surface area contributed by atoms with E-state index in [1.54, 1.807) is 4.68 Å². The summed E-state index contributed by atoms with van der Waals surface area (Å²) in [6, 6.07) is 10.5. The van der Waals surface area contributed by atoms with E-state index in [2.05, 4.69) is 29.4 Å². The van der Waals surface area contributed by atoms with E-state index >= 15 is 0 Å². The summed E-state index contributed by atoms with van der Waals surface area (Å²) in [4.78, 5) is 0. The van der Waals surface area contributed by atoms with Crippen LogP contribution in [0.5, 0.6) is 0 Å². The fraction of sp³-hybridized carbons (Fsp3) is 0.385. The summed E-state index contributed by atoms with van der Waals surface area (Å²) >= 11 is 0. The molecule has 1 aromatic carbocycles. The predicted molar refractivity (Wildman–Crippen MR) is 74.0 cm³/mol. The normalized spacial score (nSPS) is 17.2. The fourth-order valence-electron chi connectivity index (χ4n) is 2.00. The van der Waals surface area contributed by atoms with Crippen LogP contribution in [0.4, 0.5) is 5.88 Å². The van der Waals surface area contributed by atoms with Gasteiger partial charge in [0.05, 0.1) is 13.2 Å². The molecule has 2 aromatic rings. The fourth-order valence-corrected chi connectivity index (χ4v) is 2.96. The molecule has 0 amide bonds. The van der Waals surface area contributed by atoms with Crippen LogP contribution in [0.1, 0.15) is 18.5 Å². The summed E-state index contributed by atoms with van der Waals surface area (Å²) in [5.74, 6) is 0.568. The van der Waals surface area contributed by atoms with Gasteiger partial charge in [0.15, 0.2) is 6.04 Å². The van der Waals surface area contributed by atoms with E-state index in [0.29, 0.717) is 19.1 Å². The standard InChI is InChI=1S/C13H17N3O3P/c1-11(9-12-5-3-2-4-6-12)16-10-13(19-15-16)14-20-17-7-8-18-20/h2-6,10-11,14H,7-9H2,1H3/q+1. The molecule has 1 saturated heterocycles. The Morgan fingerprint density at radius 2 is 2.05 bits per heavy atom. The van der Waals surface area contributed by atoms with Gasteiger partial charge >= 0.3 is 5.88 Å². The van der Waals surface area contributed by atoms with Crippen LogP contribution in [-0.2, 0) is 15.5 Å². The third-order valence-electron chi connectivity index (χ3n) is 3.01. The molecule has 1 unspecified atom stereocenters. The minimum Gasteiger partial charge on any atom is -0.315 e. The highest BCUT2D eigenvalue weighted by Gasteiger charge is 2.24. The first-order valence-electron chi connectivity index (χ1n) is 6.56. The maximum Gasteiger partial charge on any atom is 0.302 e. The van der Waals surface area contributed by atoms with Crippen molar-refractivity contribution in [3.8, 4) is 0 Å². The topological polar surface area (TPSA) is 60.4 Å². The molecule has 3 rings (SSSR count). The first kappa shape index (κ1) is 13.5. The van der Waals surface area contributed by atoms with Crippen LogP contribution in [0.2, 0.25) is 0 Å². The highest BCUT2D eigenvalue weighted by molar-refractivity contribution is 7.49. The lowest BCUT2D eigenvalue weighted by molar-refractivity contribution is -0.782. The van der Waals surface area contributed by atoms with Gasteiger partial charge in [-0.3, -0.25) is 9.61 Å². The van der Waals surface area contributed by atoms with E-state index in [1.807, 2.05) is 24.4 Å². The van der Waals surface area contributed by atoms with Crippen molar-refractivity contribution in [1.82, 2.24) is 5.27 Å². The third-order valence-corrected chi connectivity index (χ3v) is 4.25. The number of nitrogens with zero attached hydrogens (tertiary/aromatic N) is 2. The van der Waals surface area contributed by atoms with Gasteiger partial charge in [-0.25, -0.2) is 0 Å². The molecule has 0 spiro atoms. The zero-order valence-corrected chi connectivity index (χ0v) is 12.1. The molecule has 1 aromatic heterocycles. The minimum atomic E-state index is -1.07. The van der Waals surface area contributed by atoms with Crippen LogP contribution < -0.4 is 9.77 Å². The quantitative estimate of drug-likeness (QED) is 0.678. The van der Waals surface area contributed by atoms with Gasteiger partial charge in [-0.05, 0) is 10.2 Å². The van der Waals surface area contributed by atoms with Crippen LogP contribution in [0.25, 0.3) is 0 Å². The van der Waals surface area contributed by atoms with Crippen LogP contribution in [0.15, 0.2) is 41.1 Å². The number of benzene rings is 1. The zero-order valence-electron chi connectivity index (χ0n) is 11.2. The second-order valence-corrected chi connectivity index (χ2v) is 5.87. The van der Waals surface area contributed by atoms with Gasteiger partial charge in [-0.1, -0.05) is 30.3 Å². The molecule has 0 bridgehead atoms. The number of rotatable bonds is 5. The van der Waals surface area contributed by atoms with Gasteiger partial charge in [-0.15, -0.1) is 0 Å². The van der Waals surface area contributed by atoms with E-state index in [-0.39, 0.29) is 6.04 Å². The van der Waals surface area contributed by atoms with Crippen molar-refractivity contribution >= 4 is 14.4 Å². The maximum atomic E-state index is 5.36. The van der Waals surface area contributed by atoms with Gasteiger partial charge in [0, 0.05) is 13.3 Å². The Labute approximate surface area is 118 Å². The van der Waals surface area contributed by atoms with Crippen LogP contribution in [0, 0.1) is 0 Å². The van der Waals surface area contributed by atoms with Gasteiger partial charge in [0.2, 0.25) is 5.27 Å². The Hall–Kier alpha value is -1.49. The van der Waals surface area contributed by atoms with Gasteiger partial charge in [0.25, 0.3) is 14.7 Å². The maximum absolute atomic E-state index is 5.36. The zero-order chi connectivity index (χ0) is 13.8. The van der Waals surface area contributed by atoms with E-state index in [4.69, 9.17) is 13.6 Å². The molecular formula is C13H17N3O3P+. The smallest absolute Gasteiger partial charge is 0.302 e. The summed E-state index contributed by atoms with van der Waals surface area (Å²) in [5, 5.41) is 7.08.